The molecule has 0 aromatic heterocycles. The van der Waals surface area contributed by atoms with Crippen LogP contribution in [0.15, 0.2) is 81.4 Å². The van der Waals surface area contributed by atoms with Crippen molar-refractivity contribution < 1.29 is 22.8 Å². The molecule has 0 amide bonds. The summed E-state index contributed by atoms with van der Waals surface area (Å²) in [4.78, 5) is 0.823. The van der Waals surface area contributed by atoms with Crippen LogP contribution in [0.25, 0.3) is 11.1 Å². The Morgan fingerprint density at radius 2 is 1.57 bits per heavy atom. The van der Waals surface area contributed by atoms with Crippen LogP contribution in [0.3, 0.4) is 0 Å². The monoisotopic (exact) mass is 579 g/mol. The first-order valence-corrected chi connectivity index (χ1v) is 16.3. The van der Waals surface area contributed by atoms with Gasteiger partial charge >= 0.3 is 0 Å². The van der Waals surface area contributed by atoms with E-state index in [0.29, 0.717) is 28.2 Å². The second-order valence-corrected chi connectivity index (χ2v) is 12.1. The molecule has 0 saturated heterocycles. The van der Waals surface area contributed by atoms with Gasteiger partial charge in [-0.2, -0.15) is 0 Å². The lowest BCUT2D eigenvalue weighted by atomic mass is 9.96. The van der Waals surface area contributed by atoms with E-state index in [0.717, 1.165) is 29.9 Å². The molecular weight excluding hydrogens is 540 g/mol. The quantitative estimate of drug-likeness (QED) is 0.111. The number of aliphatic hydroxyl groups excluding tert-OH is 1. The summed E-state index contributed by atoms with van der Waals surface area (Å²) in [6, 6.07) is 19.2. The minimum Gasteiger partial charge on any atom is -0.744 e. The van der Waals surface area contributed by atoms with E-state index in [9.17, 15) is 18.1 Å². The third kappa shape index (κ3) is 10.0. The fourth-order valence-electron chi connectivity index (χ4n) is 4.45. The van der Waals surface area contributed by atoms with Gasteiger partial charge < -0.3 is 14.4 Å². The summed E-state index contributed by atoms with van der Waals surface area (Å²) in [5, 5.41) is 10.9. The van der Waals surface area contributed by atoms with Crippen molar-refractivity contribution in [3.05, 3.63) is 72.3 Å². The number of rotatable bonds is 15. The molecule has 0 saturated carbocycles. The van der Waals surface area contributed by atoms with Gasteiger partial charge in [0.25, 0.3) is 0 Å². The van der Waals surface area contributed by atoms with Gasteiger partial charge in [-0.05, 0) is 60.9 Å². The van der Waals surface area contributed by atoms with Gasteiger partial charge in [-0.15, -0.1) is 5.92 Å². The Balaban J connectivity index is 1.72. The fourth-order valence-corrected chi connectivity index (χ4v) is 6.28. The molecule has 0 aliphatic rings. The summed E-state index contributed by atoms with van der Waals surface area (Å²) in [5.74, 6) is 6.76. The maximum absolute atomic E-state index is 12.2. The lowest BCUT2D eigenvalue weighted by molar-refractivity contribution is 0.239. The molecule has 0 radical (unpaired) electrons. The highest BCUT2D eigenvalue weighted by Crippen LogP contribution is 2.37. The van der Waals surface area contributed by atoms with Crippen LogP contribution in [0, 0.1) is 11.8 Å². The Bertz CT molecular complexity index is 1370. The predicted molar refractivity (Wildman–Crippen MR) is 162 cm³/mol. The molecule has 214 valence electrons. The molecule has 7 heteroatoms. The first kappa shape index (κ1) is 31.8. The second kappa shape index (κ2) is 16.5. The lowest BCUT2D eigenvalue weighted by Gasteiger charge is -2.17. The molecule has 3 aromatic carbocycles. The number of hydrogen-bond donors (Lipinski definition) is 1. The van der Waals surface area contributed by atoms with Crippen molar-refractivity contribution in [2.75, 3.05) is 6.61 Å². The van der Waals surface area contributed by atoms with Crippen molar-refractivity contribution in [1.82, 2.24) is 0 Å². The van der Waals surface area contributed by atoms with Gasteiger partial charge in [0.15, 0.2) is 0 Å². The maximum Gasteiger partial charge on any atom is 0.140 e. The topological polar surface area (TPSA) is 86.7 Å². The van der Waals surface area contributed by atoms with Gasteiger partial charge in [0.1, 0.15) is 22.0 Å². The molecule has 40 heavy (non-hydrogen) atoms. The van der Waals surface area contributed by atoms with Gasteiger partial charge in [-0.3, -0.25) is 0 Å². The Labute approximate surface area is 244 Å². The minimum absolute atomic E-state index is 0.297. The molecule has 5 nitrogen and oxygen atoms in total. The summed E-state index contributed by atoms with van der Waals surface area (Å²) in [6.45, 7) is 4.67. The number of aliphatic hydroxyl groups is 1. The van der Waals surface area contributed by atoms with Gasteiger partial charge in [0, 0.05) is 21.8 Å². The van der Waals surface area contributed by atoms with Crippen molar-refractivity contribution >= 4 is 21.9 Å². The Morgan fingerprint density at radius 1 is 0.900 bits per heavy atom. The van der Waals surface area contributed by atoms with Crippen molar-refractivity contribution in [2.24, 2.45) is 0 Å². The van der Waals surface area contributed by atoms with Crippen LogP contribution in [-0.2, 0) is 10.1 Å². The molecule has 1 atom stereocenters. The van der Waals surface area contributed by atoms with E-state index in [1.54, 1.807) is 36.4 Å². The molecule has 1 N–H and O–H groups in total. The number of hydrogen-bond acceptors (Lipinski definition) is 6. The van der Waals surface area contributed by atoms with Gasteiger partial charge in [-0.1, -0.05) is 99.9 Å². The second-order valence-electron chi connectivity index (χ2n) is 9.66. The largest absolute Gasteiger partial charge is 0.744 e. The van der Waals surface area contributed by atoms with Crippen LogP contribution in [0.1, 0.15) is 83.3 Å². The van der Waals surface area contributed by atoms with Crippen molar-refractivity contribution in [2.45, 2.75) is 92.4 Å². The van der Waals surface area contributed by atoms with E-state index >= 15 is 0 Å². The normalized spacial score (nSPS) is 12.0. The zero-order chi connectivity index (χ0) is 28.8. The molecule has 1 unspecified atom stereocenters. The van der Waals surface area contributed by atoms with Crippen LogP contribution in [0.4, 0.5) is 0 Å². The number of benzene rings is 3. The van der Waals surface area contributed by atoms with Crippen LogP contribution < -0.4 is 4.74 Å². The zero-order valence-electron chi connectivity index (χ0n) is 23.4. The minimum atomic E-state index is -4.75. The summed E-state index contributed by atoms with van der Waals surface area (Å²) < 4.78 is 42.2. The van der Waals surface area contributed by atoms with Gasteiger partial charge in [-0.25, -0.2) is 8.42 Å². The number of ether oxygens (including phenoxy) is 1. The van der Waals surface area contributed by atoms with Crippen molar-refractivity contribution in [1.29, 1.82) is 0 Å². The average Bonchev–Trinajstić information content (AvgIpc) is 2.95. The smallest absolute Gasteiger partial charge is 0.140 e. The highest BCUT2D eigenvalue weighted by molar-refractivity contribution is 8.00. The molecule has 3 rings (SSSR count). The third-order valence-electron chi connectivity index (χ3n) is 6.54. The highest BCUT2D eigenvalue weighted by Gasteiger charge is 2.16. The molecule has 0 heterocycles. The zero-order valence-corrected chi connectivity index (χ0v) is 25.0. The first-order chi connectivity index (χ1) is 19.3. The molecular formula is C33H39O5S2-. The lowest BCUT2D eigenvalue weighted by Crippen LogP contribution is -2.02. The van der Waals surface area contributed by atoms with Crippen LogP contribution in [0.5, 0.6) is 5.75 Å². The van der Waals surface area contributed by atoms with E-state index in [-0.39, 0.29) is 4.90 Å². The summed E-state index contributed by atoms with van der Waals surface area (Å²) in [5.41, 5.74) is 1.75. The molecule has 0 spiro atoms. The third-order valence-corrected chi connectivity index (χ3v) is 8.63. The van der Waals surface area contributed by atoms with Crippen molar-refractivity contribution in [3.63, 3.8) is 0 Å². The predicted octanol–water partition coefficient (Wildman–Crippen LogP) is 8.38. The highest BCUT2D eigenvalue weighted by atomic mass is 32.2. The van der Waals surface area contributed by atoms with E-state index in [4.69, 9.17) is 4.74 Å². The Morgan fingerprint density at radius 3 is 2.25 bits per heavy atom. The van der Waals surface area contributed by atoms with Gasteiger partial charge in [0.2, 0.25) is 0 Å². The maximum atomic E-state index is 12.2. The average molecular weight is 580 g/mol. The van der Waals surface area contributed by atoms with E-state index in [1.807, 2.05) is 31.2 Å². The molecule has 0 aliphatic carbocycles. The summed E-state index contributed by atoms with van der Waals surface area (Å²) in [6.07, 6.45) is 9.52. The Hall–Kier alpha value is -2.76. The Kier molecular flexibility index (Phi) is 13.1. The van der Waals surface area contributed by atoms with E-state index < -0.39 is 16.2 Å². The first-order valence-electron chi connectivity index (χ1n) is 14.1. The van der Waals surface area contributed by atoms with Crippen LogP contribution in [0.2, 0.25) is 0 Å². The molecule has 0 fully saturated rings. The van der Waals surface area contributed by atoms with E-state index in [1.165, 1.54) is 56.4 Å². The number of unbranched alkanes of at least 4 members (excludes halogenated alkanes) is 8. The summed E-state index contributed by atoms with van der Waals surface area (Å²) >= 11 is 1.20. The molecule has 0 aliphatic heterocycles. The molecule has 3 aromatic rings. The standard InChI is InChI=1S/C33H40O5S2/c1-3-5-6-7-8-9-10-11-12-13-18-31(34)30-17-15-14-16-29(30)26-19-24-32(33(25-26)40(35,36)37)39-28-22-20-27(21-23-28)38-4-2/h14-17,19-25,31,34H,3-12H2,1-2H3,(H,35,36,37)/p-1. The van der Waals surface area contributed by atoms with Crippen LogP contribution in [-0.4, -0.2) is 24.7 Å². The fraction of sp³-hybridized carbons (Fsp3) is 0.394. The van der Waals surface area contributed by atoms with Crippen molar-refractivity contribution in [3.8, 4) is 28.7 Å². The SMILES string of the molecule is CCCCCCCCCCC#CC(O)c1ccccc1-c1ccc(Sc2ccc(OCC)cc2)c(S(=O)(=O)[O-])c1. The molecule has 0 bridgehead atoms. The van der Waals surface area contributed by atoms with Crippen LogP contribution >= 0.6 is 11.8 Å². The van der Waals surface area contributed by atoms with Gasteiger partial charge in [0.05, 0.1) is 11.5 Å². The summed E-state index contributed by atoms with van der Waals surface area (Å²) in [7, 11) is -4.75. The van der Waals surface area contributed by atoms with E-state index in [2.05, 4.69) is 18.8 Å².